The highest BCUT2D eigenvalue weighted by Crippen LogP contribution is 1.82. The lowest BCUT2D eigenvalue weighted by molar-refractivity contribution is 0.277. The Hall–Kier alpha value is -4.04. The van der Waals surface area contributed by atoms with Crippen LogP contribution in [0, 0.1) is 0 Å². The average Bonchev–Trinajstić information content (AvgIpc) is 3.26. The van der Waals surface area contributed by atoms with Gasteiger partial charge in [-0.05, 0) is 0 Å². The molecule has 7 heteroatoms. The maximum absolute atomic E-state index is 9.63. The number of sulfone groups is 2. The third kappa shape index (κ3) is 216. The molecular weight excluding hydrogens is 769 g/mol. The van der Waals surface area contributed by atoms with E-state index in [1.807, 2.05) is 265 Å². The Balaban J connectivity index is -0.0000000358. The van der Waals surface area contributed by atoms with E-state index in [0.717, 1.165) is 25.0 Å². The van der Waals surface area contributed by atoms with Gasteiger partial charge >= 0.3 is 0 Å². The second kappa shape index (κ2) is 99.7. The summed E-state index contributed by atoms with van der Waals surface area (Å²) >= 11 is 0. The first-order valence-corrected chi connectivity index (χ1v) is 23.7. The van der Waals surface area contributed by atoms with E-state index in [-0.39, 0.29) is 29.7 Å². The fourth-order valence-electron chi connectivity index (χ4n) is 1.92. The zero-order chi connectivity index (χ0) is 44.9. The van der Waals surface area contributed by atoms with Gasteiger partial charge in [0.05, 0.1) is 0 Å². The summed E-state index contributed by atoms with van der Waals surface area (Å²) < 4.78 is 42.8. The molecule has 0 heterocycles. The molecule has 0 fully saturated rings. The molecule has 0 saturated heterocycles. The van der Waals surface area contributed by atoms with Crippen LogP contribution in [0.2, 0.25) is 0 Å². The van der Waals surface area contributed by atoms with E-state index >= 15 is 0 Å². The van der Waals surface area contributed by atoms with Crippen LogP contribution in [-0.2, 0) is 24.4 Å². The monoisotopic (exact) mass is 869 g/mol. The Morgan fingerprint density at radius 1 is 0.220 bits per heavy atom. The SMILES string of the molecule is C.C.C.C.CC.CC.CC.CC.CC.CC.COC.CS(C)(=O)=O.CS(C)(=O)=O.c1ccccc1.c1ccccc1.c1ccccc1.c1ccccc1.c1ccccc1. The highest BCUT2D eigenvalue weighted by Gasteiger charge is 1.79. The van der Waals surface area contributed by atoms with Gasteiger partial charge in [-0.25, -0.2) is 16.8 Å². The normalized spacial score (nSPS) is 6.95. The Morgan fingerprint density at radius 3 is 0.254 bits per heavy atom. The van der Waals surface area contributed by atoms with Crippen molar-refractivity contribution in [3.8, 4) is 0 Å². The number of benzene rings is 5. The first kappa shape index (κ1) is 90.9. The molecule has 5 aromatic carbocycles. The van der Waals surface area contributed by atoms with Crippen LogP contribution in [0.25, 0.3) is 0 Å². The third-order valence-corrected chi connectivity index (χ3v) is 3.33. The molecule has 0 bridgehead atoms. The molecule has 5 rings (SSSR count). The van der Waals surface area contributed by atoms with Crippen molar-refractivity contribution in [2.24, 2.45) is 0 Å². The standard InChI is InChI=1S/5C6H6.2C2H6O2S.C2H6O.6C2H6.4CH4/c5*1-2-4-6-5-3-1;2*1-5(2,3)4;1-3-2;6*1-2;;;;/h5*1-6H;2*1-2H3;1-2H3;6*1-2H3;4*1H4. The summed E-state index contributed by atoms with van der Waals surface area (Å²) in [5, 5.41) is 0. The molecule has 350 valence electrons. The largest absolute Gasteiger partial charge is 0.388 e. The third-order valence-electron chi connectivity index (χ3n) is 3.33. The van der Waals surface area contributed by atoms with Crippen LogP contribution >= 0.6 is 0 Å². The zero-order valence-corrected chi connectivity index (χ0v) is 39.8. The van der Waals surface area contributed by atoms with Gasteiger partial charge in [0.15, 0.2) is 0 Å². The summed E-state index contributed by atoms with van der Waals surface area (Å²) in [5.74, 6) is 0. The molecule has 0 unspecified atom stereocenters. The number of methoxy groups -OCH3 is 1. The predicted molar refractivity (Wildman–Crippen MR) is 282 cm³/mol. The van der Waals surface area contributed by atoms with E-state index < -0.39 is 19.7 Å². The molecule has 0 aromatic heterocycles. The predicted octanol–water partition coefficient (Wildman–Crippen LogP) is 16.7. The van der Waals surface area contributed by atoms with Gasteiger partial charge in [0.2, 0.25) is 0 Å². The lowest BCUT2D eigenvalue weighted by Gasteiger charge is -1.69. The summed E-state index contributed by atoms with van der Waals surface area (Å²) in [6.07, 6.45) is 4.64. The zero-order valence-electron chi connectivity index (χ0n) is 38.2. The van der Waals surface area contributed by atoms with Crippen molar-refractivity contribution in [1.82, 2.24) is 0 Å². The Bertz CT molecular complexity index is 977. The molecule has 5 aromatic rings. The van der Waals surface area contributed by atoms with E-state index in [4.69, 9.17) is 0 Å². The van der Waals surface area contributed by atoms with Gasteiger partial charge in [0.25, 0.3) is 0 Å². The van der Waals surface area contributed by atoms with E-state index in [1.165, 1.54) is 0 Å². The second-order valence-corrected chi connectivity index (χ2v) is 13.0. The number of rotatable bonds is 0. The summed E-state index contributed by atoms with van der Waals surface area (Å²) in [5.41, 5.74) is 0. The average molecular weight is 870 g/mol. The molecule has 0 amide bonds. The Labute approximate surface area is 373 Å². The summed E-state index contributed by atoms with van der Waals surface area (Å²) in [4.78, 5) is 0. The van der Waals surface area contributed by atoms with Crippen LogP contribution in [-0.4, -0.2) is 56.1 Å². The lowest BCUT2D eigenvalue weighted by atomic mass is 10.4. The van der Waals surface area contributed by atoms with Gasteiger partial charge in [0, 0.05) is 39.2 Å². The molecule has 59 heavy (non-hydrogen) atoms. The van der Waals surface area contributed by atoms with Gasteiger partial charge in [-0.3, -0.25) is 0 Å². The highest BCUT2D eigenvalue weighted by atomic mass is 32.2. The number of hydrogen-bond acceptors (Lipinski definition) is 5. The Kier molecular flexibility index (Phi) is 154. The molecule has 5 nitrogen and oxygen atoms in total. The fourth-order valence-corrected chi connectivity index (χ4v) is 1.92. The fraction of sp³-hybridized carbons (Fsp3) is 0.423. The molecule has 0 aliphatic heterocycles. The van der Waals surface area contributed by atoms with Gasteiger partial charge in [-0.15, -0.1) is 0 Å². The molecular formula is C52H100O5S2. The van der Waals surface area contributed by atoms with E-state index in [0.29, 0.717) is 0 Å². The van der Waals surface area contributed by atoms with Gasteiger partial charge in [-0.2, -0.15) is 0 Å². The van der Waals surface area contributed by atoms with Crippen LogP contribution in [0.1, 0.15) is 113 Å². The van der Waals surface area contributed by atoms with E-state index in [9.17, 15) is 16.8 Å². The van der Waals surface area contributed by atoms with E-state index in [1.54, 1.807) is 14.2 Å². The molecule has 0 spiro atoms. The first-order chi connectivity index (χ1) is 26.4. The molecule has 0 radical (unpaired) electrons. The van der Waals surface area contributed by atoms with Crippen molar-refractivity contribution < 1.29 is 21.6 Å². The summed E-state index contributed by atoms with van der Waals surface area (Å²) in [6, 6.07) is 60.0. The molecule has 0 aliphatic rings. The minimum Gasteiger partial charge on any atom is -0.388 e. The lowest BCUT2D eigenvalue weighted by Crippen LogP contribution is -1.86. The van der Waals surface area contributed by atoms with Crippen molar-refractivity contribution in [3.05, 3.63) is 182 Å². The first-order valence-electron chi connectivity index (χ1n) is 19.1. The molecule has 0 atom stereocenters. The summed E-state index contributed by atoms with van der Waals surface area (Å²) in [6.45, 7) is 24.0. The van der Waals surface area contributed by atoms with Crippen LogP contribution in [0.4, 0.5) is 0 Å². The number of hydrogen-bond donors (Lipinski definition) is 0. The highest BCUT2D eigenvalue weighted by molar-refractivity contribution is 7.90. The maximum atomic E-state index is 9.63. The van der Waals surface area contributed by atoms with Crippen molar-refractivity contribution in [2.45, 2.75) is 113 Å². The van der Waals surface area contributed by atoms with E-state index in [2.05, 4.69) is 4.74 Å². The second-order valence-electron chi connectivity index (χ2n) is 8.47. The minimum absolute atomic E-state index is 0. The van der Waals surface area contributed by atoms with Crippen LogP contribution in [0.3, 0.4) is 0 Å². The maximum Gasteiger partial charge on any atom is 0.144 e. The van der Waals surface area contributed by atoms with Crippen LogP contribution in [0.15, 0.2) is 182 Å². The Morgan fingerprint density at radius 2 is 0.237 bits per heavy atom. The van der Waals surface area contributed by atoms with Crippen molar-refractivity contribution >= 4 is 19.7 Å². The van der Waals surface area contributed by atoms with Gasteiger partial charge in [-0.1, -0.05) is 295 Å². The smallest absolute Gasteiger partial charge is 0.144 e. The quantitative estimate of drug-likeness (QED) is 0.155. The van der Waals surface area contributed by atoms with Gasteiger partial charge < -0.3 is 4.74 Å². The van der Waals surface area contributed by atoms with Crippen molar-refractivity contribution in [1.29, 1.82) is 0 Å². The van der Waals surface area contributed by atoms with Crippen molar-refractivity contribution in [2.75, 3.05) is 39.2 Å². The summed E-state index contributed by atoms with van der Waals surface area (Å²) in [7, 11) is -2.08. The topological polar surface area (TPSA) is 77.5 Å². The van der Waals surface area contributed by atoms with Crippen LogP contribution in [0.5, 0.6) is 0 Å². The van der Waals surface area contributed by atoms with Crippen molar-refractivity contribution in [3.63, 3.8) is 0 Å². The molecule has 0 saturated carbocycles. The molecule has 0 aliphatic carbocycles. The number of ether oxygens (including phenoxy) is 1. The minimum atomic E-state index is -2.67. The van der Waals surface area contributed by atoms with Gasteiger partial charge in [0.1, 0.15) is 19.7 Å². The van der Waals surface area contributed by atoms with Crippen LogP contribution < -0.4 is 0 Å². The molecule has 0 N–H and O–H groups in total.